The van der Waals surface area contributed by atoms with Crippen LogP contribution < -0.4 is 5.73 Å². The van der Waals surface area contributed by atoms with Crippen molar-refractivity contribution in [1.29, 1.82) is 0 Å². The molecule has 2 saturated heterocycles. The molecule has 1 amide bonds. The van der Waals surface area contributed by atoms with E-state index in [4.69, 9.17) is 10.5 Å². The van der Waals surface area contributed by atoms with E-state index in [0.29, 0.717) is 32.0 Å². The fraction of sp³-hybridized carbons (Fsp3) is 0.471. The number of carbonyl (C=O) groups excluding carboxylic acids is 1. The van der Waals surface area contributed by atoms with Gasteiger partial charge in [-0.2, -0.15) is 0 Å². The Kier molecular flexibility index (Phi) is 3.62. The summed E-state index contributed by atoms with van der Waals surface area (Å²) in [5.41, 5.74) is 7.48. The number of imidazole rings is 1. The van der Waals surface area contributed by atoms with Gasteiger partial charge in [0.1, 0.15) is 11.5 Å². The minimum atomic E-state index is -0.327. The molecule has 2 aromatic heterocycles. The molecule has 0 radical (unpaired) electrons. The van der Waals surface area contributed by atoms with Gasteiger partial charge >= 0.3 is 0 Å². The van der Waals surface area contributed by atoms with Crippen molar-refractivity contribution >= 4 is 5.91 Å². The molecular formula is C17H21N5O2. The second kappa shape index (κ2) is 5.68. The Morgan fingerprint density at radius 3 is 3.04 bits per heavy atom. The Balaban J connectivity index is 1.58. The SMILES string of the molecule is Cc1nccn1-c1ccnc(C(=O)N2C[C@@H]3COCC[C@]3(N)C2)c1. The lowest BCUT2D eigenvalue weighted by Crippen LogP contribution is -2.52. The quantitative estimate of drug-likeness (QED) is 0.880. The predicted molar refractivity (Wildman–Crippen MR) is 87.8 cm³/mol. The highest BCUT2D eigenvalue weighted by molar-refractivity contribution is 5.93. The Morgan fingerprint density at radius 2 is 2.29 bits per heavy atom. The minimum Gasteiger partial charge on any atom is -0.381 e. The van der Waals surface area contributed by atoms with Gasteiger partial charge in [-0.05, 0) is 25.5 Å². The van der Waals surface area contributed by atoms with E-state index < -0.39 is 0 Å². The zero-order valence-corrected chi connectivity index (χ0v) is 13.7. The van der Waals surface area contributed by atoms with Gasteiger partial charge < -0.3 is 19.9 Å². The van der Waals surface area contributed by atoms with Crippen molar-refractivity contribution in [1.82, 2.24) is 19.4 Å². The summed E-state index contributed by atoms with van der Waals surface area (Å²) >= 11 is 0. The van der Waals surface area contributed by atoms with E-state index in [2.05, 4.69) is 9.97 Å². The summed E-state index contributed by atoms with van der Waals surface area (Å²) in [6.45, 7) is 4.41. The first kappa shape index (κ1) is 15.3. The first-order valence-corrected chi connectivity index (χ1v) is 8.19. The normalized spacial score (nSPS) is 26.4. The average Bonchev–Trinajstić information content (AvgIpc) is 3.17. The number of pyridine rings is 1. The summed E-state index contributed by atoms with van der Waals surface area (Å²) in [5.74, 6) is 0.993. The molecule has 2 aliphatic heterocycles. The van der Waals surface area contributed by atoms with Gasteiger partial charge in [-0.15, -0.1) is 0 Å². The fourth-order valence-electron chi connectivity index (χ4n) is 3.64. The minimum absolute atomic E-state index is 0.0751. The number of likely N-dealkylation sites (tertiary alicyclic amines) is 1. The van der Waals surface area contributed by atoms with E-state index in [1.807, 2.05) is 28.7 Å². The van der Waals surface area contributed by atoms with E-state index in [1.54, 1.807) is 18.5 Å². The molecular weight excluding hydrogens is 306 g/mol. The van der Waals surface area contributed by atoms with Gasteiger partial charge in [0.15, 0.2) is 0 Å². The van der Waals surface area contributed by atoms with Crippen LogP contribution in [0, 0.1) is 12.8 Å². The lowest BCUT2D eigenvalue weighted by molar-refractivity contribution is 0.0241. The van der Waals surface area contributed by atoms with Gasteiger partial charge in [0.2, 0.25) is 0 Å². The molecule has 7 nitrogen and oxygen atoms in total. The average molecular weight is 327 g/mol. The summed E-state index contributed by atoms with van der Waals surface area (Å²) < 4.78 is 7.45. The maximum Gasteiger partial charge on any atom is 0.272 e. The number of nitrogens with two attached hydrogens (primary N) is 1. The van der Waals surface area contributed by atoms with Gasteiger partial charge in [-0.25, -0.2) is 4.98 Å². The van der Waals surface area contributed by atoms with Crippen molar-refractivity contribution in [3.63, 3.8) is 0 Å². The summed E-state index contributed by atoms with van der Waals surface area (Å²) in [7, 11) is 0. The molecule has 24 heavy (non-hydrogen) atoms. The Labute approximate surface area is 140 Å². The van der Waals surface area contributed by atoms with Crippen LogP contribution in [0.15, 0.2) is 30.7 Å². The number of aryl methyl sites for hydroxylation is 1. The highest BCUT2D eigenvalue weighted by Crippen LogP contribution is 2.32. The van der Waals surface area contributed by atoms with Crippen LogP contribution in [0.25, 0.3) is 5.69 Å². The molecule has 0 spiro atoms. The number of aromatic nitrogens is 3. The van der Waals surface area contributed by atoms with Crippen LogP contribution in [0.2, 0.25) is 0 Å². The molecule has 0 unspecified atom stereocenters. The molecule has 7 heteroatoms. The third kappa shape index (κ3) is 2.50. The van der Waals surface area contributed by atoms with Crippen LogP contribution in [0.5, 0.6) is 0 Å². The second-order valence-electron chi connectivity index (χ2n) is 6.68. The molecule has 0 aromatic carbocycles. The van der Waals surface area contributed by atoms with E-state index in [9.17, 15) is 4.79 Å². The van der Waals surface area contributed by atoms with Gasteiger partial charge in [0, 0.05) is 49.7 Å². The van der Waals surface area contributed by atoms with Gasteiger partial charge in [0.05, 0.1) is 12.3 Å². The van der Waals surface area contributed by atoms with Crippen molar-refractivity contribution in [2.24, 2.45) is 11.7 Å². The monoisotopic (exact) mass is 327 g/mol. The van der Waals surface area contributed by atoms with Crippen molar-refractivity contribution in [3.8, 4) is 5.69 Å². The number of rotatable bonds is 2. The molecule has 2 atom stereocenters. The fourth-order valence-corrected chi connectivity index (χ4v) is 3.64. The molecule has 4 heterocycles. The highest BCUT2D eigenvalue weighted by Gasteiger charge is 2.47. The Hall–Kier alpha value is -2.25. The maximum absolute atomic E-state index is 12.9. The van der Waals surface area contributed by atoms with Crippen LogP contribution >= 0.6 is 0 Å². The van der Waals surface area contributed by atoms with E-state index in [0.717, 1.165) is 17.9 Å². The van der Waals surface area contributed by atoms with Crippen molar-refractivity contribution in [3.05, 3.63) is 42.2 Å². The van der Waals surface area contributed by atoms with Crippen molar-refractivity contribution in [2.45, 2.75) is 18.9 Å². The number of fused-ring (bicyclic) bond motifs is 1. The van der Waals surface area contributed by atoms with Crippen LogP contribution in [-0.2, 0) is 4.74 Å². The van der Waals surface area contributed by atoms with E-state index in [1.165, 1.54) is 0 Å². The van der Waals surface area contributed by atoms with Crippen molar-refractivity contribution in [2.75, 3.05) is 26.3 Å². The lowest BCUT2D eigenvalue weighted by atomic mass is 9.84. The Bertz CT molecular complexity index is 774. The van der Waals surface area contributed by atoms with Crippen LogP contribution in [0.3, 0.4) is 0 Å². The lowest BCUT2D eigenvalue weighted by Gasteiger charge is -2.34. The van der Waals surface area contributed by atoms with Gasteiger partial charge in [-0.1, -0.05) is 0 Å². The number of ether oxygens (including phenoxy) is 1. The molecule has 126 valence electrons. The third-order valence-electron chi connectivity index (χ3n) is 5.12. The molecule has 0 bridgehead atoms. The second-order valence-corrected chi connectivity index (χ2v) is 6.68. The molecule has 2 fully saturated rings. The molecule has 2 N–H and O–H groups in total. The van der Waals surface area contributed by atoms with Crippen LogP contribution in [0.1, 0.15) is 22.7 Å². The zero-order chi connectivity index (χ0) is 16.7. The first-order chi connectivity index (χ1) is 11.6. The van der Waals surface area contributed by atoms with Gasteiger partial charge in [-0.3, -0.25) is 9.78 Å². The maximum atomic E-state index is 12.9. The van der Waals surface area contributed by atoms with Crippen LogP contribution in [-0.4, -0.2) is 57.2 Å². The molecule has 2 aliphatic rings. The van der Waals surface area contributed by atoms with Crippen LogP contribution in [0.4, 0.5) is 0 Å². The smallest absolute Gasteiger partial charge is 0.272 e. The summed E-state index contributed by atoms with van der Waals surface area (Å²) in [4.78, 5) is 23.2. The van der Waals surface area contributed by atoms with E-state index >= 15 is 0 Å². The first-order valence-electron chi connectivity index (χ1n) is 8.19. The summed E-state index contributed by atoms with van der Waals surface area (Å²) in [6, 6.07) is 3.67. The topological polar surface area (TPSA) is 86.3 Å². The number of nitrogens with zero attached hydrogens (tertiary/aromatic N) is 4. The number of carbonyl (C=O) groups is 1. The predicted octanol–water partition coefficient (Wildman–Crippen LogP) is 0.766. The zero-order valence-electron chi connectivity index (χ0n) is 13.7. The standard InChI is InChI=1S/C17H21N5O2/c1-12-19-5-6-22(12)14-2-4-20-15(8-14)16(23)21-9-13-10-24-7-3-17(13,18)11-21/h2,4-6,8,13H,3,7,9-11,18H2,1H3/t13-,17+/m1/s1. The van der Waals surface area contributed by atoms with Crippen molar-refractivity contribution < 1.29 is 9.53 Å². The summed E-state index contributed by atoms with van der Waals surface area (Å²) in [6.07, 6.45) is 6.06. The number of hydrogen-bond donors (Lipinski definition) is 1. The Morgan fingerprint density at radius 1 is 1.42 bits per heavy atom. The third-order valence-corrected chi connectivity index (χ3v) is 5.12. The highest BCUT2D eigenvalue weighted by atomic mass is 16.5. The molecule has 0 saturated carbocycles. The van der Waals surface area contributed by atoms with E-state index in [-0.39, 0.29) is 17.4 Å². The molecule has 2 aromatic rings. The molecule has 0 aliphatic carbocycles. The molecule has 4 rings (SSSR count). The number of amides is 1. The summed E-state index contributed by atoms with van der Waals surface area (Å²) in [5, 5.41) is 0. The van der Waals surface area contributed by atoms with Gasteiger partial charge in [0.25, 0.3) is 5.91 Å². The largest absolute Gasteiger partial charge is 0.381 e. The number of hydrogen-bond acceptors (Lipinski definition) is 5.